The van der Waals surface area contributed by atoms with Crippen LogP contribution in [0, 0.1) is 11.8 Å². The van der Waals surface area contributed by atoms with Crippen LogP contribution in [0.3, 0.4) is 0 Å². The molecule has 1 fully saturated rings. The van der Waals surface area contributed by atoms with Gasteiger partial charge in [0.15, 0.2) is 0 Å². The van der Waals surface area contributed by atoms with Crippen LogP contribution in [0.25, 0.3) is 0 Å². The first-order valence-electron chi connectivity index (χ1n) is 6.42. The third-order valence-electron chi connectivity index (χ3n) is 3.45. The largest absolute Gasteiger partial charge is 0.314 e. The lowest BCUT2D eigenvalue weighted by Crippen LogP contribution is -2.29. The summed E-state index contributed by atoms with van der Waals surface area (Å²) in [6, 6.07) is 0.720. The highest BCUT2D eigenvalue weighted by molar-refractivity contribution is 4.71. The van der Waals surface area contributed by atoms with E-state index in [0.717, 1.165) is 17.9 Å². The predicted molar refractivity (Wildman–Crippen MR) is 63.5 cm³/mol. The Bertz CT molecular complexity index is 138. The van der Waals surface area contributed by atoms with Gasteiger partial charge in [-0.1, -0.05) is 33.1 Å². The van der Waals surface area contributed by atoms with Gasteiger partial charge in [0.2, 0.25) is 0 Å². The van der Waals surface area contributed by atoms with E-state index in [4.69, 9.17) is 0 Å². The molecule has 0 bridgehead atoms. The Balaban J connectivity index is 1.89. The zero-order valence-corrected chi connectivity index (χ0v) is 10.2. The molecule has 1 heteroatoms. The fourth-order valence-corrected chi connectivity index (χ4v) is 2.00. The maximum atomic E-state index is 3.64. The van der Waals surface area contributed by atoms with Crippen LogP contribution in [0.1, 0.15) is 59.3 Å². The fraction of sp³-hybridized carbons (Fsp3) is 1.00. The zero-order chi connectivity index (χ0) is 10.4. The summed E-state index contributed by atoms with van der Waals surface area (Å²) in [6.07, 6.45) is 8.56. The molecule has 0 radical (unpaired) electrons. The van der Waals surface area contributed by atoms with Gasteiger partial charge in [-0.15, -0.1) is 0 Å². The van der Waals surface area contributed by atoms with Crippen LogP contribution in [0.4, 0.5) is 0 Å². The van der Waals surface area contributed by atoms with Crippen LogP contribution in [0.5, 0.6) is 0 Å². The molecule has 1 aliphatic carbocycles. The molecule has 0 heterocycles. The summed E-state index contributed by atoms with van der Waals surface area (Å²) in [6.45, 7) is 8.18. The zero-order valence-electron chi connectivity index (χ0n) is 10.2. The standard InChI is InChI=1S/C13H27N/c1-11(2)7-8-12(3)14-10-9-13-5-4-6-13/h11-14H,4-10H2,1-3H3. The van der Waals surface area contributed by atoms with Gasteiger partial charge in [-0.3, -0.25) is 0 Å². The minimum atomic E-state index is 0.720. The molecule has 1 saturated carbocycles. The third kappa shape index (κ3) is 4.99. The predicted octanol–water partition coefficient (Wildman–Crippen LogP) is 3.59. The monoisotopic (exact) mass is 197 g/mol. The van der Waals surface area contributed by atoms with Gasteiger partial charge in [-0.2, -0.15) is 0 Å². The second-order valence-corrected chi connectivity index (χ2v) is 5.41. The molecular formula is C13H27N. The molecule has 1 aliphatic rings. The first-order chi connectivity index (χ1) is 6.68. The summed E-state index contributed by atoms with van der Waals surface area (Å²) in [5.74, 6) is 1.91. The highest BCUT2D eigenvalue weighted by Gasteiger charge is 2.16. The van der Waals surface area contributed by atoms with E-state index in [9.17, 15) is 0 Å². The molecule has 1 nitrogen and oxygen atoms in total. The Kier molecular flexibility index (Phi) is 5.54. The Morgan fingerprint density at radius 1 is 1.14 bits per heavy atom. The summed E-state index contributed by atoms with van der Waals surface area (Å²) in [4.78, 5) is 0. The second kappa shape index (κ2) is 6.44. The SMILES string of the molecule is CC(C)CCC(C)NCCC1CCC1. The van der Waals surface area contributed by atoms with Gasteiger partial charge in [0.1, 0.15) is 0 Å². The Morgan fingerprint density at radius 3 is 2.36 bits per heavy atom. The van der Waals surface area contributed by atoms with Gasteiger partial charge in [-0.25, -0.2) is 0 Å². The van der Waals surface area contributed by atoms with Crippen molar-refractivity contribution in [2.45, 2.75) is 65.3 Å². The number of rotatable bonds is 7. The van der Waals surface area contributed by atoms with Gasteiger partial charge in [0.25, 0.3) is 0 Å². The Hall–Kier alpha value is -0.0400. The molecule has 0 aliphatic heterocycles. The molecule has 0 spiro atoms. The van der Waals surface area contributed by atoms with Crippen molar-refractivity contribution in [3.63, 3.8) is 0 Å². The third-order valence-corrected chi connectivity index (χ3v) is 3.45. The molecule has 84 valence electrons. The molecular weight excluding hydrogens is 170 g/mol. The Labute approximate surface area is 89.7 Å². The van der Waals surface area contributed by atoms with E-state index in [1.807, 2.05) is 0 Å². The Morgan fingerprint density at radius 2 is 1.86 bits per heavy atom. The smallest absolute Gasteiger partial charge is 0.00388 e. The average Bonchev–Trinajstić information content (AvgIpc) is 2.06. The van der Waals surface area contributed by atoms with Crippen molar-refractivity contribution in [1.29, 1.82) is 0 Å². The van der Waals surface area contributed by atoms with Crippen LogP contribution in [0.2, 0.25) is 0 Å². The molecule has 14 heavy (non-hydrogen) atoms. The molecule has 1 rings (SSSR count). The molecule has 0 aromatic carbocycles. The van der Waals surface area contributed by atoms with Gasteiger partial charge in [0.05, 0.1) is 0 Å². The van der Waals surface area contributed by atoms with Crippen molar-refractivity contribution < 1.29 is 0 Å². The van der Waals surface area contributed by atoms with Crippen LogP contribution in [-0.4, -0.2) is 12.6 Å². The highest BCUT2D eigenvalue weighted by Crippen LogP contribution is 2.28. The average molecular weight is 197 g/mol. The number of hydrogen-bond acceptors (Lipinski definition) is 1. The van der Waals surface area contributed by atoms with Crippen LogP contribution < -0.4 is 5.32 Å². The molecule has 1 atom stereocenters. The molecule has 0 aromatic heterocycles. The lowest BCUT2D eigenvalue weighted by Gasteiger charge is -2.26. The summed E-state index contributed by atoms with van der Waals surface area (Å²) in [5, 5.41) is 3.64. The van der Waals surface area contributed by atoms with E-state index in [1.54, 1.807) is 0 Å². The van der Waals surface area contributed by atoms with E-state index in [2.05, 4.69) is 26.1 Å². The topological polar surface area (TPSA) is 12.0 Å². The van der Waals surface area contributed by atoms with Crippen LogP contribution in [-0.2, 0) is 0 Å². The second-order valence-electron chi connectivity index (χ2n) is 5.41. The highest BCUT2D eigenvalue weighted by atomic mass is 14.9. The quantitative estimate of drug-likeness (QED) is 0.657. The lowest BCUT2D eigenvalue weighted by molar-refractivity contribution is 0.286. The molecule has 1 unspecified atom stereocenters. The van der Waals surface area contributed by atoms with Crippen LogP contribution >= 0.6 is 0 Å². The van der Waals surface area contributed by atoms with Gasteiger partial charge < -0.3 is 5.32 Å². The summed E-state index contributed by atoms with van der Waals surface area (Å²) in [7, 11) is 0. The van der Waals surface area contributed by atoms with E-state index in [1.165, 1.54) is 45.1 Å². The maximum absolute atomic E-state index is 3.64. The van der Waals surface area contributed by atoms with E-state index in [-0.39, 0.29) is 0 Å². The molecule has 0 saturated heterocycles. The summed E-state index contributed by atoms with van der Waals surface area (Å²) in [5.41, 5.74) is 0. The normalized spacial score (nSPS) is 19.7. The molecule has 0 aromatic rings. The van der Waals surface area contributed by atoms with Gasteiger partial charge in [-0.05, 0) is 44.6 Å². The van der Waals surface area contributed by atoms with Crippen molar-refractivity contribution in [2.75, 3.05) is 6.54 Å². The first kappa shape index (κ1) is 12.0. The van der Waals surface area contributed by atoms with Crippen molar-refractivity contribution >= 4 is 0 Å². The first-order valence-corrected chi connectivity index (χ1v) is 6.42. The molecule has 0 amide bonds. The van der Waals surface area contributed by atoms with Crippen molar-refractivity contribution in [1.82, 2.24) is 5.32 Å². The van der Waals surface area contributed by atoms with Crippen molar-refractivity contribution in [3.8, 4) is 0 Å². The number of nitrogens with one attached hydrogen (secondary N) is 1. The minimum absolute atomic E-state index is 0.720. The summed E-state index contributed by atoms with van der Waals surface area (Å²) < 4.78 is 0. The van der Waals surface area contributed by atoms with E-state index >= 15 is 0 Å². The summed E-state index contributed by atoms with van der Waals surface area (Å²) >= 11 is 0. The van der Waals surface area contributed by atoms with E-state index < -0.39 is 0 Å². The van der Waals surface area contributed by atoms with Crippen molar-refractivity contribution in [2.24, 2.45) is 11.8 Å². The number of hydrogen-bond donors (Lipinski definition) is 1. The molecule has 1 N–H and O–H groups in total. The maximum Gasteiger partial charge on any atom is 0.00388 e. The lowest BCUT2D eigenvalue weighted by atomic mass is 9.83. The van der Waals surface area contributed by atoms with E-state index in [0.29, 0.717) is 0 Å². The van der Waals surface area contributed by atoms with Gasteiger partial charge in [0, 0.05) is 6.04 Å². The minimum Gasteiger partial charge on any atom is -0.314 e. The van der Waals surface area contributed by atoms with Crippen LogP contribution in [0.15, 0.2) is 0 Å². The fourth-order valence-electron chi connectivity index (χ4n) is 2.00. The van der Waals surface area contributed by atoms with Gasteiger partial charge >= 0.3 is 0 Å². The van der Waals surface area contributed by atoms with Crippen molar-refractivity contribution in [3.05, 3.63) is 0 Å².